The van der Waals surface area contributed by atoms with E-state index in [1.165, 1.54) is 0 Å². The molecule has 1 aliphatic rings. The number of terminal acetylenes is 11. The minimum Gasteiger partial charge on any atom is -0.464 e. The summed E-state index contributed by atoms with van der Waals surface area (Å²) in [6.45, 7) is 31.7. The van der Waals surface area contributed by atoms with E-state index in [1.54, 1.807) is 103 Å². The zero-order valence-electron chi connectivity index (χ0n) is 64.0. The summed E-state index contributed by atoms with van der Waals surface area (Å²) >= 11 is 0. The van der Waals surface area contributed by atoms with Gasteiger partial charge < -0.3 is 20.9 Å². The first-order valence-corrected chi connectivity index (χ1v) is 29.0. The zero-order chi connectivity index (χ0) is 84.6. The van der Waals surface area contributed by atoms with Crippen molar-refractivity contribution in [1.29, 1.82) is 0 Å². The Morgan fingerprint density at radius 2 is 0.491 bits per heavy atom. The molecule has 114 heavy (non-hydrogen) atoms. The van der Waals surface area contributed by atoms with Crippen LogP contribution < -0.4 is 11.5 Å². The standard InChI is InChI=1S/C13H21NO4.C13H4.C12H6.C11H4.C10H2.C9H4.C8H6.C7H4.C6H2.C5H4.C4H6.C3H4.C2H2.5CH4.H3N/c1-6-9-8-13(9,10(15)17-7-2)14-11(16)18-12(3,4)5;1-3-5-7-9-11-13-12-10-8-6-4-2;1-3-5-7-9-11-12-10-8-6-4-2;1-3-5-7-9-11-10-8-6-4-2;1-3-5-7-9-10-8-6-4-2;1-3-5-7-9-8-6-4-2;1-3-5-7-8-6-4-2;1-3-5-7-6-4-2;1-3-5-6-4-2;1-3-5-4-2;1-3-4-2;1-3-2;1-2;;;;;;/h6,9H,1,7-8H2,2-5H3,(H,14,16);1H,2H3;1-2H3;1H,2H3;1-2H;1H,2H3;1-2H3;1H,2H3;1-2H;1H,2H3;1-2H3;1H,2H3;1-2H;5*1H4;1H3/t9-,13-;;;;;;;;;;;;;;;;;;/m1................../s1. The molecular weight excluding hydrogens is 1390 g/mol. The molecule has 0 saturated heterocycles. The highest BCUT2D eigenvalue weighted by atomic mass is 16.6. The molecule has 0 unspecified atom stereocenters. The van der Waals surface area contributed by atoms with E-state index in [1.807, 2.05) is 13.8 Å². The van der Waals surface area contributed by atoms with Crippen molar-refractivity contribution in [3.8, 4) is 468 Å². The third kappa shape index (κ3) is 181. The van der Waals surface area contributed by atoms with Crippen LogP contribution >= 0.6 is 0 Å². The van der Waals surface area contributed by atoms with Crippen molar-refractivity contribution in [1.82, 2.24) is 11.5 Å². The van der Waals surface area contributed by atoms with Crippen molar-refractivity contribution < 1.29 is 19.1 Å². The normalized spacial score (nSPS) is 6.86. The molecule has 6 heteroatoms. The van der Waals surface area contributed by atoms with E-state index in [0.717, 1.165) is 0 Å². The predicted octanol–water partition coefficient (Wildman–Crippen LogP) is 13.1. The number of hydrogen-bond donors (Lipinski definition) is 2. The zero-order valence-corrected chi connectivity index (χ0v) is 64.0. The molecule has 6 nitrogen and oxygen atoms in total. The van der Waals surface area contributed by atoms with Gasteiger partial charge in [-0.25, -0.2) is 9.59 Å². The van der Waals surface area contributed by atoms with E-state index in [0.29, 0.717) is 6.42 Å². The van der Waals surface area contributed by atoms with Gasteiger partial charge in [0.2, 0.25) is 0 Å². The van der Waals surface area contributed by atoms with Gasteiger partial charge in [-0.3, -0.25) is 0 Å². The SMILES string of the molecule is C.C.C.C.C.C#C.C#CC.C#CC#CC.C#CC#CC#C.C#CC#CC#CC.C#CC#CC#CC#CC.C#CC#CC#CC#CC#C.C#CC#CC#CC#CC#CC.C#CC#CC#CC#CC#CC#CC.C=C[C@@H]1C[C@]1(NC(=O)OC(C)(C)C)C(=O)OCC.CC#CC.CC#CC#CC#CC.CC#CC#CC#CC#CC#CC.N. The highest BCUT2D eigenvalue weighted by molar-refractivity contribution is 5.90. The number of esters is 1. The van der Waals surface area contributed by atoms with Crippen molar-refractivity contribution in [2.24, 2.45) is 5.92 Å². The van der Waals surface area contributed by atoms with E-state index >= 15 is 0 Å². The molecule has 0 bridgehead atoms. The van der Waals surface area contributed by atoms with Gasteiger partial charge in [0.1, 0.15) is 11.1 Å². The van der Waals surface area contributed by atoms with E-state index in [-0.39, 0.29) is 55.8 Å². The Morgan fingerprint density at radius 3 is 0.614 bits per heavy atom. The second-order valence-corrected chi connectivity index (χ2v) is 15.3. The van der Waals surface area contributed by atoms with Crippen molar-refractivity contribution in [2.75, 3.05) is 6.61 Å². The second-order valence-electron chi connectivity index (χ2n) is 15.3. The minimum absolute atomic E-state index is 0. The fourth-order valence-electron chi connectivity index (χ4n) is 3.48. The first-order chi connectivity index (χ1) is 52.3. The largest absolute Gasteiger partial charge is 0.464 e. The highest BCUT2D eigenvalue weighted by Gasteiger charge is 2.61. The highest BCUT2D eigenvalue weighted by Crippen LogP contribution is 2.45. The first-order valence-electron chi connectivity index (χ1n) is 29.0. The minimum atomic E-state index is -0.986. The number of hydrogen-bond acceptors (Lipinski definition) is 5. The number of carbonyl (C=O) groups is 2. The van der Waals surface area contributed by atoms with Crippen molar-refractivity contribution >= 4 is 12.1 Å². The molecule has 1 amide bonds. The molecule has 2 atom stereocenters. The third-order valence-electron chi connectivity index (χ3n) is 6.94. The number of carbonyl (C=O) groups excluding carboxylic acids is 2. The van der Waals surface area contributed by atoms with Crippen LogP contribution in [-0.2, 0) is 14.3 Å². The van der Waals surface area contributed by atoms with Gasteiger partial charge in [0.25, 0.3) is 0 Å². The second kappa shape index (κ2) is 149. The van der Waals surface area contributed by atoms with Crippen LogP contribution in [0, 0.1) is 474 Å². The third-order valence-corrected chi connectivity index (χ3v) is 6.94. The maximum Gasteiger partial charge on any atom is 0.408 e. The van der Waals surface area contributed by atoms with Crippen LogP contribution in [0.3, 0.4) is 0 Å². The maximum atomic E-state index is 11.9. The monoisotopic (exact) mass is 1480 g/mol. The van der Waals surface area contributed by atoms with Crippen LogP contribution in [0.2, 0.25) is 0 Å². The summed E-state index contributed by atoms with van der Waals surface area (Å²) in [4.78, 5) is 23.6. The summed E-state index contributed by atoms with van der Waals surface area (Å²) in [6, 6.07) is 0. The summed E-state index contributed by atoms with van der Waals surface area (Å²) in [5.74, 6) is 160. The Morgan fingerprint density at radius 1 is 0.333 bits per heavy atom. The Balaban J connectivity index is -0.0000000560. The van der Waals surface area contributed by atoms with Crippen molar-refractivity contribution in [2.45, 2.75) is 165 Å². The average Bonchev–Trinajstić information content (AvgIpc) is 1.59. The van der Waals surface area contributed by atoms with E-state index in [4.69, 9.17) is 67.3 Å². The molecular formula is C108H92N2O4. The van der Waals surface area contributed by atoms with E-state index in [2.05, 4.69) is 422 Å². The molecule has 0 spiro atoms. The Labute approximate surface area is 696 Å². The maximum absolute atomic E-state index is 11.9. The molecule has 0 radical (unpaired) electrons. The molecule has 558 valence electrons. The first kappa shape index (κ1) is 142. The smallest absolute Gasteiger partial charge is 0.408 e. The quantitative estimate of drug-likeness (QED) is 0.166. The Bertz CT molecular complexity index is 5310. The molecule has 1 fully saturated rings. The van der Waals surface area contributed by atoms with E-state index in [9.17, 15) is 9.59 Å². The van der Waals surface area contributed by atoms with Gasteiger partial charge >= 0.3 is 12.1 Å². The number of amides is 1. The fraction of sp³-hybridized carbons (Fsp3) is 0.241. The number of ether oxygens (including phenoxy) is 2. The van der Waals surface area contributed by atoms with Gasteiger partial charge in [0.05, 0.1) is 6.61 Å². The van der Waals surface area contributed by atoms with Gasteiger partial charge in [-0.15, -0.1) is 101 Å². The molecule has 0 aromatic heterocycles. The van der Waals surface area contributed by atoms with Crippen molar-refractivity contribution in [3.63, 3.8) is 0 Å². The lowest BCUT2D eigenvalue weighted by molar-refractivity contribution is -0.147. The molecule has 1 saturated carbocycles. The van der Waals surface area contributed by atoms with Crippen LogP contribution in [0.25, 0.3) is 0 Å². The van der Waals surface area contributed by atoms with E-state index < -0.39 is 23.2 Å². The molecule has 1 rings (SSSR count). The van der Waals surface area contributed by atoms with Gasteiger partial charge in [0.15, 0.2) is 0 Å². The summed E-state index contributed by atoms with van der Waals surface area (Å²) in [5.41, 5.74) is -1.58. The van der Waals surface area contributed by atoms with Gasteiger partial charge in [0, 0.05) is 5.92 Å². The summed E-state index contributed by atoms with van der Waals surface area (Å²) in [6.07, 6.45) is 57.2. The predicted molar refractivity (Wildman–Crippen MR) is 490 cm³/mol. The molecule has 0 aromatic rings. The lowest BCUT2D eigenvalue weighted by Gasteiger charge is -2.23. The molecule has 1 aliphatic carbocycles. The van der Waals surface area contributed by atoms with Gasteiger partial charge in [-0.2, -0.15) is 0 Å². The van der Waals surface area contributed by atoms with Crippen molar-refractivity contribution in [3.05, 3.63) is 12.7 Å². The van der Waals surface area contributed by atoms with Crippen LogP contribution in [0.4, 0.5) is 4.79 Å². The number of rotatable bonds is 4. The van der Waals surface area contributed by atoms with Crippen LogP contribution in [0.1, 0.15) is 154 Å². The summed E-state index contributed by atoms with van der Waals surface area (Å²) in [5, 5.41) is 2.60. The molecule has 0 aliphatic heterocycles. The molecule has 0 aromatic carbocycles. The number of alkyl carbamates (subject to hydrolysis) is 1. The van der Waals surface area contributed by atoms with Crippen LogP contribution in [0.15, 0.2) is 12.7 Å². The van der Waals surface area contributed by atoms with Gasteiger partial charge in [-0.1, -0.05) is 96.5 Å². The Hall–Kier alpha value is -18.7. The topological polar surface area (TPSA) is 99.6 Å². The fourth-order valence-corrected chi connectivity index (χ4v) is 3.48. The average molecular weight is 1480 g/mol. The summed E-state index contributed by atoms with van der Waals surface area (Å²) in [7, 11) is 0. The molecule has 0 heterocycles. The Kier molecular flexibility index (Phi) is 185. The molecule has 4 N–H and O–H groups in total. The summed E-state index contributed by atoms with van der Waals surface area (Å²) < 4.78 is 10.1. The van der Waals surface area contributed by atoms with Crippen LogP contribution in [-0.4, -0.2) is 29.8 Å². The van der Waals surface area contributed by atoms with Crippen LogP contribution in [0.5, 0.6) is 0 Å². The lowest BCUT2D eigenvalue weighted by atomic mass is 10.2. The lowest BCUT2D eigenvalue weighted by Crippen LogP contribution is -2.47. The number of nitrogens with one attached hydrogen (secondary N) is 1. The van der Waals surface area contributed by atoms with Gasteiger partial charge in [-0.05, 0) is 437 Å².